The van der Waals surface area contributed by atoms with Gasteiger partial charge in [-0.3, -0.25) is 19.7 Å². The summed E-state index contributed by atoms with van der Waals surface area (Å²) >= 11 is 0. The van der Waals surface area contributed by atoms with Gasteiger partial charge in [0.1, 0.15) is 5.69 Å². The van der Waals surface area contributed by atoms with Crippen molar-refractivity contribution in [2.24, 2.45) is 0 Å². The number of nitro benzene ring substituents is 1. The highest BCUT2D eigenvalue weighted by molar-refractivity contribution is 6.05. The van der Waals surface area contributed by atoms with Crippen LogP contribution in [0, 0.1) is 10.1 Å². The summed E-state index contributed by atoms with van der Waals surface area (Å²) in [5.74, 6) is -0.841. The number of benzene rings is 1. The minimum absolute atomic E-state index is 0.0295. The molecule has 9 nitrogen and oxygen atoms in total. The van der Waals surface area contributed by atoms with Crippen molar-refractivity contribution in [3.05, 3.63) is 56.6 Å². The Morgan fingerprint density at radius 3 is 2.85 bits per heavy atom. The molecule has 1 amide bonds. The average molecular weight is 275 g/mol. The van der Waals surface area contributed by atoms with E-state index in [0.29, 0.717) is 0 Å². The third-order valence-corrected chi connectivity index (χ3v) is 2.44. The first-order chi connectivity index (χ1) is 9.49. The number of nitrogens with two attached hydrogens (primary N) is 1. The van der Waals surface area contributed by atoms with E-state index in [1.54, 1.807) is 0 Å². The fourth-order valence-electron chi connectivity index (χ4n) is 1.48. The van der Waals surface area contributed by atoms with Crippen LogP contribution in [0.15, 0.2) is 35.4 Å². The van der Waals surface area contributed by atoms with Gasteiger partial charge in [-0.25, -0.2) is 4.98 Å². The van der Waals surface area contributed by atoms with Crippen molar-refractivity contribution in [2.75, 3.05) is 11.1 Å². The summed E-state index contributed by atoms with van der Waals surface area (Å²) in [6.07, 6.45) is 1.10. The van der Waals surface area contributed by atoms with E-state index in [1.807, 2.05) is 0 Å². The minimum Gasteiger partial charge on any atom is -0.382 e. The monoisotopic (exact) mass is 275 g/mol. The van der Waals surface area contributed by atoms with Crippen molar-refractivity contribution in [2.45, 2.75) is 0 Å². The fraction of sp³-hybridized carbons (Fsp3) is 0. The molecule has 1 heterocycles. The Bertz CT molecular complexity index is 740. The number of rotatable bonds is 3. The van der Waals surface area contributed by atoms with E-state index in [1.165, 1.54) is 18.2 Å². The lowest BCUT2D eigenvalue weighted by atomic mass is 10.2. The molecule has 102 valence electrons. The predicted octanol–water partition coefficient (Wildman–Crippen LogP) is 0.513. The van der Waals surface area contributed by atoms with Gasteiger partial charge in [0.15, 0.2) is 5.82 Å². The zero-order chi connectivity index (χ0) is 14.7. The molecule has 2 aromatic rings. The first-order valence-electron chi connectivity index (χ1n) is 5.38. The Labute approximate surface area is 111 Å². The van der Waals surface area contributed by atoms with Crippen LogP contribution in [-0.4, -0.2) is 20.8 Å². The smallest absolute Gasteiger partial charge is 0.276 e. The number of carbonyl (C=O) groups excluding carboxylic acids is 1. The molecule has 9 heteroatoms. The van der Waals surface area contributed by atoms with E-state index in [0.717, 1.165) is 12.4 Å². The summed E-state index contributed by atoms with van der Waals surface area (Å²) in [6, 6.07) is 5.09. The number of nitro groups is 1. The summed E-state index contributed by atoms with van der Waals surface area (Å²) in [4.78, 5) is 39.3. The van der Waals surface area contributed by atoms with E-state index >= 15 is 0 Å². The number of nitrogens with one attached hydrogen (secondary N) is 2. The highest BCUT2D eigenvalue weighted by Gasteiger charge is 2.14. The molecule has 0 aliphatic carbocycles. The van der Waals surface area contributed by atoms with Crippen molar-refractivity contribution >= 4 is 23.1 Å². The molecule has 0 spiro atoms. The van der Waals surface area contributed by atoms with Gasteiger partial charge in [0.2, 0.25) is 0 Å². The topological polar surface area (TPSA) is 144 Å². The maximum absolute atomic E-state index is 11.9. The quantitative estimate of drug-likeness (QED) is 0.549. The zero-order valence-electron chi connectivity index (χ0n) is 9.99. The van der Waals surface area contributed by atoms with Gasteiger partial charge >= 0.3 is 0 Å². The van der Waals surface area contributed by atoms with Crippen molar-refractivity contribution in [1.82, 2.24) is 9.97 Å². The van der Waals surface area contributed by atoms with Crippen LogP contribution in [0.2, 0.25) is 0 Å². The second-order valence-corrected chi connectivity index (χ2v) is 3.75. The number of hydrogen-bond donors (Lipinski definition) is 3. The van der Waals surface area contributed by atoms with Gasteiger partial charge in [-0.05, 0) is 6.07 Å². The summed E-state index contributed by atoms with van der Waals surface area (Å²) in [5, 5.41) is 12.9. The summed E-state index contributed by atoms with van der Waals surface area (Å²) in [7, 11) is 0. The number of H-pyrrole nitrogens is 1. The number of carbonyl (C=O) groups is 1. The Morgan fingerprint density at radius 2 is 2.20 bits per heavy atom. The molecule has 0 bridgehead atoms. The Morgan fingerprint density at radius 1 is 1.45 bits per heavy atom. The molecular weight excluding hydrogens is 266 g/mol. The standard InChI is InChI=1S/C11H9N5O4/c12-9-8(11(18)14-5-13-9)15-10(17)6-2-1-3-7(4-6)16(19)20/h1-5H,(H,15,17)(H3,12,13,14,18). The van der Waals surface area contributed by atoms with Crippen LogP contribution in [0.3, 0.4) is 0 Å². The molecule has 20 heavy (non-hydrogen) atoms. The van der Waals surface area contributed by atoms with Crippen LogP contribution in [0.5, 0.6) is 0 Å². The molecule has 2 rings (SSSR count). The van der Waals surface area contributed by atoms with Crippen LogP contribution in [0.4, 0.5) is 17.2 Å². The average Bonchev–Trinajstić information content (AvgIpc) is 2.43. The number of amides is 1. The third kappa shape index (κ3) is 2.61. The van der Waals surface area contributed by atoms with Gasteiger partial charge in [-0.1, -0.05) is 6.07 Å². The van der Waals surface area contributed by atoms with E-state index in [9.17, 15) is 19.7 Å². The van der Waals surface area contributed by atoms with Gasteiger partial charge < -0.3 is 16.0 Å². The van der Waals surface area contributed by atoms with E-state index in [4.69, 9.17) is 5.73 Å². The Balaban J connectivity index is 2.31. The lowest BCUT2D eigenvalue weighted by Gasteiger charge is -2.05. The van der Waals surface area contributed by atoms with Gasteiger partial charge in [-0.15, -0.1) is 0 Å². The van der Waals surface area contributed by atoms with Crippen LogP contribution in [0.1, 0.15) is 10.4 Å². The molecule has 0 radical (unpaired) electrons. The van der Waals surface area contributed by atoms with Crippen LogP contribution in [-0.2, 0) is 0 Å². The Kier molecular flexibility index (Phi) is 3.42. The lowest BCUT2D eigenvalue weighted by molar-refractivity contribution is -0.384. The highest BCUT2D eigenvalue weighted by atomic mass is 16.6. The molecule has 0 saturated heterocycles. The van der Waals surface area contributed by atoms with Crippen LogP contribution < -0.4 is 16.6 Å². The molecule has 4 N–H and O–H groups in total. The van der Waals surface area contributed by atoms with Crippen molar-refractivity contribution < 1.29 is 9.72 Å². The maximum Gasteiger partial charge on any atom is 0.276 e. The third-order valence-electron chi connectivity index (χ3n) is 2.44. The van der Waals surface area contributed by atoms with Crippen LogP contribution in [0.25, 0.3) is 0 Å². The van der Waals surface area contributed by atoms with Crippen molar-refractivity contribution in [1.29, 1.82) is 0 Å². The fourth-order valence-corrected chi connectivity index (χ4v) is 1.48. The number of aromatic amines is 1. The second-order valence-electron chi connectivity index (χ2n) is 3.75. The summed E-state index contributed by atoms with van der Waals surface area (Å²) < 4.78 is 0. The number of non-ortho nitro benzene ring substituents is 1. The number of aromatic nitrogens is 2. The lowest BCUT2D eigenvalue weighted by Crippen LogP contribution is -2.22. The molecule has 1 aromatic carbocycles. The molecule has 0 unspecified atom stereocenters. The molecular formula is C11H9N5O4. The van der Waals surface area contributed by atoms with E-state index in [2.05, 4.69) is 15.3 Å². The molecule has 1 aromatic heterocycles. The minimum atomic E-state index is -0.695. The predicted molar refractivity (Wildman–Crippen MR) is 70.3 cm³/mol. The maximum atomic E-state index is 11.9. The number of nitrogens with zero attached hydrogens (tertiary/aromatic N) is 2. The van der Waals surface area contributed by atoms with E-state index in [-0.39, 0.29) is 22.8 Å². The highest BCUT2D eigenvalue weighted by Crippen LogP contribution is 2.15. The molecule has 0 aliphatic rings. The number of anilines is 2. The number of nitrogen functional groups attached to an aromatic ring is 1. The summed E-state index contributed by atoms with van der Waals surface area (Å²) in [5.41, 5.74) is 4.45. The van der Waals surface area contributed by atoms with Gasteiger partial charge in [0.25, 0.3) is 17.2 Å². The second kappa shape index (κ2) is 5.18. The first-order valence-corrected chi connectivity index (χ1v) is 5.38. The SMILES string of the molecule is Nc1nc[nH]c(=O)c1NC(=O)c1cccc([N+](=O)[O-])c1. The van der Waals surface area contributed by atoms with Crippen molar-refractivity contribution in [3.8, 4) is 0 Å². The zero-order valence-corrected chi connectivity index (χ0v) is 9.99. The molecule has 0 atom stereocenters. The number of hydrogen-bond acceptors (Lipinski definition) is 6. The van der Waals surface area contributed by atoms with Crippen LogP contribution >= 0.6 is 0 Å². The summed E-state index contributed by atoms with van der Waals surface area (Å²) in [6.45, 7) is 0. The normalized spacial score (nSPS) is 10.0. The molecule has 0 fully saturated rings. The van der Waals surface area contributed by atoms with Gasteiger partial charge in [0, 0.05) is 17.7 Å². The molecule has 0 saturated carbocycles. The Hall–Kier alpha value is -3.23. The molecule has 0 aliphatic heterocycles. The van der Waals surface area contributed by atoms with Gasteiger partial charge in [0.05, 0.1) is 11.3 Å². The first kappa shape index (κ1) is 13.2. The largest absolute Gasteiger partial charge is 0.382 e. The van der Waals surface area contributed by atoms with Crippen molar-refractivity contribution in [3.63, 3.8) is 0 Å². The van der Waals surface area contributed by atoms with E-state index < -0.39 is 16.4 Å². The van der Waals surface area contributed by atoms with Gasteiger partial charge in [-0.2, -0.15) is 0 Å².